The number of nitrogens with one attached hydrogen (secondary N) is 1. The summed E-state index contributed by atoms with van der Waals surface area (Å²) in [7, 11) is 0. The third-order valence-corrected chi connectivity index (χ3v) is 5.22. The minimum atomic E-state index is 0.0506. The molecular weight excluding hydrogens is 242 g/mol. The summed E-state index contributed by atoms with van der Waals surface area (Å²) in [6, 6.07) is 9.46. The maximum absolute atomic E-state index is 12.0. The molecule has 1 saturated carbocycles. The molecule has 0 aromatic heterocycles. The van der Waals surface area contributed by atoms with Gasteiger partial charge in [0.2, 0.25) is 0 Å². The molecule has 1 aromatic rings. The van der Waals surface area contributed by atoms with Gasteiger partial charge in [-0.1, -0.05) is 37.5 Å². The molecule has 0 heterocycles. The van der Waals surface area contributed by atoms with E-state index in [4.69, 9.17) is 0 Å². The van der Waals surface area contributed by atoms with Gasteiger partial charge in [-0.05, 0) is 31.2 Å². The summed E-state index contributed by atoms with van der Waals surface area (Å²) in [4.78, 5) is 12.0. The first-order chi connectivity index (χ1) is 8.76. The third-order valence-electron chi connectivity index (χ3n) is 3.80. The van der Waals surface area contributed by atoms with Crippen molar-refractivity contribution in [2.45, 2.75) is 36.9 Å². The van der Waals surface area contributed by atoms with Crippen LogP contribution in [0.3, 0.4) is 0 Å². The smallest absolute Gasteiger partial charge is 0.251 e. The molecule has 18 heavy (non-hydrogen) atoms. The van der Waals surface area contributed by atoms with Gasteiger partial charge in [-0.3, -0.25) is 4.79 Å². The molecule has 1 amide bonds. The van der Waals surface area contributed by atoms with Gasteiger partial charge in [-0.2, -0.15) is 11.8 Å². The second-order valence-corrected chi connectivity index (χ2v) is 6.27. The van der Waals surface area contributed by atoms with Crippen molar-refractivity contribution in [1.29, 1.82) is 0 Å². The largest absolute Gasteiger partial charge is 0.351 e. The van der Waals surface area contributed by atoms with E-state index < -0.39 is 0 Å². The minimum Gasteiger partial charge on any atom is -0.351 e. The normalized spacial score (nSPS) is 18.3. The lowest BCUT2D eigenvalue weighted by molar-refractivity contribution is 0.0947. The molecule has 3 heteroatoms. The molecule has 2 nitrogen and oxygen atoms in total. The fraction of sp³-hybridized carbons (Fsp3) is 0.533. The zero-order valence-corrected chi connectivity index (χ0v) is 11.8. The molecule has 98 valence electrons. The number of carbonyl (C=O) groups excluding carboxylic acids is 1. The van der Waals surface area contributed by atoms with Crippen molar-refractivity contribution in [2.75, 3.05) is 12.8 Å². The van der Waals surface area contributed by atoms with Crippen LogP contribution in [0.2, 0.25) is 0 Å². The molecule has 0 bridgehead atoms. The second kappa shape index (κ2) is 6.28. The van der Waals surface area contributed by atoms with Crippen molar-refractivity contribution in [3.05, 3.63) is 35.9 Å². The van der Waals surface area contributed by atoms with Gasteiger partial charge < -0.3 is 5.32 Å². The van der Waals surface area contributed by atoms with E-state index >= 15 is 0 Å². The highest BCUT2D eigenvalue weighted by Gasteiger charge is 2.31. The zero-order chi connectivity index (χ0) is 12.8. The summed E-state index contributed by atoms with van der Waals surface area (Å²) in [5.74, 6) is 0.0506. The third kappa shape index (κ3) is 3.29. The van der Waals surface area contributed by atoms with Crippen LogP contribution in [-0.2, 0) is 0 Å². The molecule has 1 N–H and O–H groups in total. The molecule has 1 aromatic carbocycles. The number of amides is 1. The summed E-state index contributed by atoms with van der Waals surface area (Å²) in [5, 5.41) is 3.10. The highest BCUT2D eigenvalue weighted by Crippen LogP contribution is 2.37. The van der Waals surface area contributed by atoms with Crippen molar-refractivity contribution in [2.24, 2.45) is 0 Å². The van der Waals surface area contributed by atoms with Crippen LogP contribution < -0.4 is 5.32 Å². The lowest BCUT2D eigenvalue weighted by Gasteiger charge is -2.35. The predicted octanol–water partition coefficient (Wildman–Crippen LogP) is 3.48. The molecular formula is C15H21NOS. The average molecular weight is 263 g/mol. The maximum Gasteiger partial charge on any atom is 0.251 e. The molecule has 1 aliphatic carbocycles. The lowest BCUT2D eigenvalue weighted by atomic mass is 9.88. The molecule has 1 aliphatic rings. The first-order valence-corrected chi connectivity index (χ1v) is 7.87. The van der Waals surface area contributed by atoms with Gasteiger partial charge in [0.15, 0.2) is 0 Å². The summed E-state index contributed by atoms with van der Waals surface area (Å²) in [6.07, 6.45) is 8.55. The Morgan fingerprint density at radius 3 is 2.50 bits per heavy atom. The van der Waals surface area contributed by atoms with E-state index in [1.54, 1.807) is 0 Å². The van der Waals surface area contributed by atoms with Crippen LogP contribution in [0.5, 0.6) is 0 Å². The van der Waals surface area contributed by atoms with Crippen LogP contribution in [-0.4, -0.2) is 23.5 Å². The van der Waals surface area contributed by atoms with Crippen LogP contribution in [0.1, 0.15) is 42.5 Å². The number of carbonyl (C=O) groups is 1. The Kier molecular flexibility index (Phi) is 4.70. The zero-order valence-electron chi connectivity index (χ0n) is 10.9. The maximum atomic E-state index is 12.0. The Hall–Kier alpha value is -0.960. The monoisotopic (exact) mass is 263 g/mol. The average Bonchev–Trinajstić information content (AvgIpc) is 2.47. The Labute approximate surface area is 114 Å². The fourth-order valence-corrected chi connectivity index (χ4v) is 3.50. The van der Waals surface area contributed by atoms with Crippen LogP contribution in [0.4, 0.5) is 0 Å². The molecule has 0 aliphatic heterocycles. The number of hydrogen-bond acceptors (Lipinski definition) is 2. The first-order valence-electron chi connectivity index (χ1n) is 6.64. The SMILES string of the molecule is CSC1(CNC(=O)c2ccccc2)CCCCC1. The van der Waals surface area contributed by atoms with Gasteiger partial charge in [0.1, 0.15) is 0 Å². The van der Waals surface area contributed by atoms with Gasteiger partial charge in [0.25, 0.3) is 5.91 Å². The van der Waals surface area contributed by atoms with Crippen LogP contribution >= 0.6 is 11.8 Å². The molecule has 0 radical (unpaired) electrons. The van der Waals surface area contributed by atoms with E-state index in [0.29, 0.717) is 0 Å². The van der Waals surface area contributed by atoms with Crippen molar-refractivity contribution >= 4 is 17.7 Å². The number of hydrogen-bond donors (Lipinski definition) is 1. The van der Waals surface area contributed by atoms with E-state index in [2.05, 4.69) is 11.6 Å². The summed E-state index contributed by atoms with van der Waals surface area (Å²) < 4.78 is 0.267. The van der Waals surface area contributed by atoms with Gasteiger partial charge >= 0.3 is 0 Å². The standard InChI is InChI=1S/C15H21NOS/c1-18-15(10-6-3-7-11-15)12-16-14(17)13-8-4-2-5-9-13/h2,4-5,8-9H,3,6-7,10-12H2,1H3,(H,16,17). The Morgan fingerprint density at radius 2 is 1.89 bits per heavy atom. The molecule has 0 saturated heterocycles. The number of benzene rings is 1. The van der Waals surface area contributed by atoms with Gasteiger partial charge in [-0.15, -0.1) is 0 Å². The van der Waals surface area contributed by atoms with Crippen LogP contribution in [0.15, 0.2) is 30.3 Å². The molecule has 1 fully saturated rings. The Morgan fingerprint density at radius 1 is 1.22 bits per heavy atom. The Bertz CT molecular complexity index is 385. The quantitative estimate of drug-likeness (QED) is 0.901. The summed E-state index contributed by atoms with van der Waals surface area (Å²) in [5.41, 5.74) is 0.754. The molecule has 2 rings (SSSR count). The fourth-order valence-electron chi connectivity index (χ4n) is 2.58. The van der Waals surface area contributed by atoms with E-state index in [1.807, 2.05) is 42.1 Å². The molecule has 0 atom stereocenters. The van der Waals surface area contributed by atoms with Crippen molar-refractivity contribution in [1.82, 2.24) is 5.32 Å². The van der Waals surface area contributed by atoms with Gasteiger partial charge in [0, 0.05) is 16.9 Å². The lowest BCUT2D eigenvalue weighted by Crippen LogP contribution is -2.41. The summed E-state index contributed by atoms with van der Waals surface area (Å²) >= 11 is 1.92. The van der Waals surface area contributed by atoms with E-state index in [9.17, 15) is 4.79 Å². The summed E-state index contributed by atoms with van der Waals surface area (Å²) in [6.45, 7) is 0.794. The van der Waals surface area contributed by atoms with Crippen molar-refractivity contribution in [3.8, 4) is 0 Å². The topological polar surface area (TPSA) is 29.1 Å². The van der Waals surface area contributed by atoms with Crippen LogP contribution in [0.25, 0.3) is 0 Å². The van der Waals surface area contributed by atoms with E-state index in [0.717, 1.165) is 12.1 Å². The van der Waals surface area contributed by atoms with Crippen LogP contribution in [0, 0.1) is 0 Å². The van der Waals surface area contributed by atoms with E-state index in [1.165, 1.54) is 32.1 Å². The van der Waals surface area contributed by atoms with Crippen molar-refractivity contribution in [3.63, 3.8) is 0 Å². The Balaban J connectivity index is 1.92. The van der Waals surface area contributed by atoms with Crippen molar-refractivity contribution < 1.29 is 4.79 Å². The predicted molar refractivity (Wildman–Crippen MR) is 78.1 cm³/mol. The minimum absolute atomic E-state index is 0.0506. The van der Waals surface area contributed by atoms with Gasteiger partial charge in [0.05, 0.1) is 0 Å². The first kappa shape index (κ1) is 13.5. The van der Waals surface area contributed by atoms with E-state index in [-0.39, 0.29) is 10.7 Å². The molecule has 0 spiro atoms. The highest BCUT2D eigenvalue weighted by atomic mass is 32.2. The van der Waals surface area contributed by atoms with Gasteiger partial charge in [-0.25, -0.2) is 0 Å². The highest BCUT2D eigenvalue weighted by molar-refractivity contribution is 8.00. The molecule has 0 unspecified atom stereocenters. The number of thioether (sulfide) groups is 1. The number of rotatable bonds is 4. The second-order valence-electron chi connectivity index (χ2n) is 5.00.